The summed E-state index contributed by atoms with van der Waals surface area (Å²) in [6, 6.07) is 0. The van der Waals surface area contributed by atoms with E-state index in [1.807, 2.05) is 13.8 Å². The summed E-state index contributed by atoms with van der Waals surface area (Å²) in [5.74, 6) is -0.861. The predicted octanol–water partition coefficient (Wildman–Crippen LogP) is 2.15. The normalized spacial score (nSPS) is 27.1. The second kappa shape index (κ2) is 4.58. The lowest BCUT2D eigenvalue weighted by molar-refractivity contribution is -0.154. The van der Waals surface area contributed by atoms with Crippen LogP contribution in [0.25, 0.3) is 0 Å². The molecule has 1 saturated heterocycles. The van der Waals surface area contributed by atoms with E-state index < -0.39 is 0 Å². The minimum Gasteiger partial charge on any atom is -0.393 e. The molecule has 3 heteroatoms. The number of hydrogen-bond donors (Lipinski definition) is 0. The Morgan fingerprint density at radius 3 is 2.43 bits per heavy atom. The first-order valence-electron chi connectivity index (χ1n) is 5.33. The van der Waals surface area contributed by atoms with Gasteiger partial charge in [-0.25, -0.2) is 0 Å². The Hall–Kier alpha value is -0.860. The maximum atomic E-state index is 11.4. The highest BCUT2D eigenvalue weighted by Crippen LogP contribution is 2.33. The van der Waals surface area contributed by atoms with Gasteiger partial charge in [-0.05, 0) is 12.3 Å². The molecule has 0 bridgehead atoms. The summed E-state index contributed by atoms with van der Waals surface area (Å²) < 4.78 is 4.67. The third kappa shape index (κ3) is 2.14. The smallest absolute Gasteiger partial charge is 0.317 e. The van der Waals surface area contributed by atoms with Crippen molar-refractivity contribution in [2.75, 3.05) is 0 Å². The molecule has 1 heterocycles. The van der Waals surface area contributed by atoms with E-state index in [9.17, 15) is 9.59 Å². The molecule has 0 aromatic heterocycles. The van der Waals surface area contributed by atoms with Crippen LogP contribution in [0.4, 0.5) is 0 Å². The van der Waals surface area contributed by atoms with Crippen LogP contribution < -0.4 is 0 Å². The quantitative estimate of drug-likeness (QED) is 0.513. The van der Waals surface area contributed by atoms with Crippen LogP contribution in [0.5, 0.6) is 0 Å². The van der Waals surface area contributed by atoms with Crippen molar-refractivity contribution in [1.29, 1.82) is 0 Å². The van der Waals surface area contributed by atoms with Crippen molar-refractivity contribution in [3.63, 3.8) is 0 Å². The molecule has 1 aliphatic rings. The summed E-state index contributed by atoms with van der Waals surface area (Å²) in [7, 11) is 0. The van der Waals surface area contributed by atoms with Crippen molar-refractivity contribution in [3.8, 4) is 0 Å². The second-order valence-electron chi connectivity index (χ2n) is 4.26. The van der Waals surface area contributed by atoms with Crippen LogP contribution in [-0.4, -0.2) is 11.9 Å². The number of carbonyl (C=O) groups excluding carboxylic acids is 2. The van der Waals surface area contributed by atoms with Gasteiger partial charge in [0.25, 0.3) is 0 Å². The summed E-state index contributed by atoms with van der Waals surface area (Å²) in [5, 5.41) is 0. The van der Waals surface area contributed by atoms with Gasteiger partial charge in [0.15, 0.2) is 0 Å². The summed E-state index contributed by atoms with van der Waals surface area (Å²) in [5.41, 5.74) is 0. The molecule has 0 aliphatic carbocycles. The number of esters is 2. The predicted molar refractivity (Wildman–Crippen MR) is 52.4 cm³/mol. The SMILES string of the molecule is CCCCC1C(=O)OC(=O)C1C(C)C. The van der Waals surface area contributed by atoms with E-state index in [4.69, 9.17) is 0 Å². The topological polar surface area (TPSA) is 43.4 Å². The molecule has 80 valence electrons. The largest absolute Gasteiger partial charge is 0.393 e. The highest BCUT2D eigenvalue weighted by molar-refractivity contribution is 5.96. The van der Waals surface area contributed by atoms with Gasteiger partial charge in [-0.2, -0.15) is 0 Å². The van der Waals surface area contributed by atoms with Gasteiger partial charge < -0.3 is 4.74 Å². The zero-order chi connectivity index (χ0) is 10.7. The lowest BCUT2D eigenvalue weighted by atomic mass is 9.82. The fourth-order valence-corrected chi connectivity index (χ4v) is 2.01. The Balaban J connectivity index is 2.68. The van der Waals surface area contributed by atoms with Crippen molar-refractivity contribution in [1.82, 2.24) is 0 Å². The van der Waals surface area contributed by atoms with Gasteiger partial charge >= 0.3 is 11.9 Å². The lowest BCUT2D eigenvalue weighted by Crippen LogP contribution is -2.23. The van der Waals surface area contributed by atoms with Crippen LogP contribution in [0.3, 0.4) is 0 Å². The Bertz CT molecular complexity index is 233. The molecule has 0 radical (unpaired) electrons. The Labute approximate surface area is 84.8 Å². The van der Waals surface area contributed by atoms with Gasteiger partial charge in [-0.15, -0.1) is 0 Å². The molecular formula is C11H18O3. The van der Waals surface area contributed by atoms with E-state index in [0.717, 1.165) is 19.3 Å². The first-order valence-corrected chi connectivity index (χ1v) is 5.33. The second-order valence-corrected chi connectivity index (χ2v) is 4.26. The van der Waals surface area contributed by atoms with Gasteiger partial charge in [0.2, 0.25) is 0 Å². The van der Waals surface area contributed by atoms with Crippen LogP contribution in [0, 0.1) is 17.8 Å². The Morgan fingerprint density at radius 1 is 1.29 bits per heavy atom. The number of ether oxygens (including phenoxy) is 1. The molecule has 3 nitrogen and oxygen atoms in total. The molecule has 14 heavy (non-hydrogen) atoms. The van der Waals surface area contributed by atoms with Gasteiger partial charge in [-0.1, -0.05) is 33.6 Å². The summed E-state index contributed by atoms with van der Waals surface area (Å²) in [6.45, 7) is 6.00. The molecular weight excluding hydrogens is 180 g/mol. The molecule has 1 aliphatic heterocycles. The van der Waals surface area contributed by atoms with E-state index in [0.29, 0.717) is 0 Å². The van der Waals surface area contributed by atoms with Gasteiger partial charge in [0, 0.05) is 0 Å². The number of cyclic esters (lactones) is 2. The zero-order valence-electron chi connectivity index (χ0n) is 9.08. The maximum Gasteiger partial charge on any atom is 0.317 e. The van der Waals surface area contributed by atoms with E-state index in [-0.39, 0.29) is 29.7 Å². The molecule has 0 N–H and O–H groups in total. The highest BCUT2D eigenvalue weighted by Gasteiger charge is 2.44. The lowest BCUT2D eigenvalue weighted by Gasteiger charge is -2.16. The van der Waals surface area contributed by atoms with Crippen LogP contribution in [0.1, 0.15) is 40.0 Å². The highest BCUT2D eigenvalue weighted by atomic mass is 16.6. The van der Waals surface area contributed by atoms with E-state index >= 15 is 0 Å². The number of unbranched alkanes of at least 4 members (excludes halogenated alkanes) is 1. The molecule has 0 amide bonds. The molecule has 0 spiro atoms. The van der Waals surface area contributed by atoms with Crippen LogP contribution in [0.2, 0.25) is 0 Å². The van der Waals surface area contributed by atoms with Crippen molar-refractivity contribution in [2.45, 2.75) is 40.0 Å². The Morgan fingerprint density at radius 2 is 1.93 bits per heavy atom. The third-order valence-electron chi connectivity index (χ3n) is 2.80. The molecule has 0 aromatic carbocycles. The zero-order valence-corrected chi connectivity index (χ0v) is 9.08. The first-order chi connectivity index (χ1) is 6.57. The molecule has 1 rings (SSSR count). The monoisotopic (exact) mass is 198 g/mol. The van der Waals surface area contributed by atoms with Crippen molar-refractivity contribution in [3.05, 3.63) is 0 Å². The number of hydrogen-bond acceptors (Lipinski definition) is 3. The summed E-state index contributed by atoms with van der Waals surface area (Å²) in [4.78, 5) is 22.7. The average Bonchev–Trinajstić information content (AvgIpc) is 2.37. The van der Waals surface area contributed by atoms with Gasteiger partial charge in [-0.3, -0.25) is 9.59 Å². The van der Waals surface area contributed by atoms with Crippen LogP contribution in [-0.2, 0) is 14.3 Å². The average molecular weight is 198 g/mol. The fourth-order valence-electron chi connectivity index (χ4n) is 2.01. The van der Waals surface area contributed by atoms with Crippen LogP contribution >= 0.6 is 0 Å². The molecule has 2 atom stereocenters. The van der Waals surface area contributed by atoms with Crippen LogP contribution in [0.15, 0.2) is 0 Å². The first kappa shape index (κ1) is 11.2. The van der Waals surface area contributed by atoms with Gasteiger partial charge in [0.05, 0.1) is 11.8 Å². The van der Waals surface area contributed by atoms with Gasteiger partial charge in [0.1, 0.15) is 0 Å². The molecule has 0 saturated carbocycles. The summed E-state index contributed by atoms with van der Waals surface area (Å²) in [6.07, 6.45) is 2.81. The standard InChI is InChI=1S/C11H18O3/c1-4-5-6-8-9(7(2)3)11(13)14-10(8)12/h7-9H,4-6H2,1-3H3. The minimum absolute atomic E-state index is 0.191. The summed E-state index contributed by atoms with van der Waals surface area (Å²) >= 11 is 0. The third-order valence-corrected chi connectivity index (χ3v) is 2.80. The number of rotatable bonds is 4. The number of carbonyl (C=O) groups is 2. The Kier molecular flexibility index (Phi) is 3.67. The maximum absolute atomic E-state index is 11.4. The fraction of sp³-hybridized carbons (Fsp3) is 0.818. The van der Waals surface area contributed by atoms with Crippen molar-refractivity contribution < 1.29 is 14.3 Å². The van der Waals surface area contributed by atoms with Crippen molar-refractivity contribution in [2.24, 2.45) is 17.8 Å². The van der Waals surface area contributed by atoms with E-state index in [2.05, 4.69) is 11.7 Å². The molecule has 1 fully saturated rings. The molecule has 2 unspecified atom stereocenters. The van der Waals surface area contributed by atoms with Crippen molar-refractivity contribution >= 4 is 11.9 Å². The van der Waals surface area contributed by atoms with E-state index in [1.54, 1.807) is 0 Å². The molecule has 0 aromatic rings. The van der Waals surface area contributed by atoms with E-state index in [1.165, 1.54) is 0 Å². The minimum atomic E-state index is -0.328.